The van der Waals surface area contributed by atoms with Gasteiger partial charge in [0.1, 0.15) is 5.82 Å². The molecule has 8 heteroatoms. The summed E-state index contributed by atoms with van der Waals surface area (Å²) < 4.78 is 1.20. The summed E-state index contributed by atoms with van der Waals surface area (Å²) in [5.41, 5.74) is 5.06. The molecule has 45 heavy (non-hydrogen) atoms. The molecule has 0 radical (unpaired) electrons. The second-order valence-electron chi connectivity index (χ2n) is 13.0. The van der Waals surface area contributed by atoms with E-state index in [0.29, 0.717) is 36.4 Å². The van der Waals surface area contributed by atoms with Gasteiger partial charge in [-0.1, -0.05) is 55.7 Å². The Morgan fingerprint density at radius 2 is 1.84 bits per heavy atom. The van der Waals surface area contributed by atoms with Crippen LogP contribution in [0.4, 0.5) is 0 Å². The standard InChI is InChI=1S/C37H37N3O3S2/c41-33(25-11-6-10-24(18-25)29-22-44-31-14-5-4-12-27(29)31)35(43)40-17-7-13-30-28(20-40)34(42)39-36(38-30)37(15-16-37)32-19-26(21-45-32)23-8-2-1-3-9-23/h4-6,10-12,14,18-19,21-23,33,41H,1-3,7-9,13,15-17,20H2,(H,38,39,42). The predicted molar refractivity (Wildman–Crippen MR) is 181 cm³/mol. The zero-order chi connectivity index (χ0) is 30.5. The number of hydrogen-bond donors (Lipinski definition) is 2. The third-order valence-electron chi connectivity index (χ3n) is 10.2. The maximum atomic E-state index is 13.7. The number of nitrogens with one attached hydrogen (secondary N) is 1. The second-order valence-corrected chi connectivity index (χ2v) is 14.9. The van der Waals surface area contributed by atoms with Gasteiger partial charge in [-0.3, -0.25) is 9.59 Å². The van der Waals surface area contributed by atoms with Crippen LogP contribution in [0.15, 0.2) is 70.2 Å². The number of nitrogens with zero attached hydrogens (tertiary/aromatic N) is 2. The molecule has 2 fully saturated rings. The van der Waals surface area contributed by atoms with Gasteiger partial charge in [-0.25, -0.2) is 4.98 Å². The molecule has 0 saturated heterocycles. The molecule has 4 heterocycles. The molecule has 0 bridgehead atoms. The Bertz CT molecular complexity index is 1950. The molecule has 230 valence electrons. The molecule has 6 nitrogen and oxygen atoms in total. The number of carbonyl (C=O) groups is 1. The van der Waals surface area contributed by atoms with Gasteiger partial charge < -0.3 is 15.0 Å². The van der Waals surface area contributed by atoms with Crippen molar-refractivity contribution < 1.29 is 9.90 Å². The van der Waals surface area contributed by atoms with E-state index >= 15 is 0 Å². The van der Waals surface area contributed by atoms with Crippen molar-refractivity contribution in [3.05, 3.63) is 109 Å². The monoisotopic (exact) mass is 635 g/mol. The summed E-state index contributed by atoms with van der Waals surface area (Å²) in [6.07, 6.45) is 8.55. The normalized spacial score (nSPS) is 18.8. The van der Waals surface area contributed by atoms with E-state index in [1.165, 1.54) is 47.2 Å². The minimum Gasteiger partial charge on any atom is -0.378 e. The minimum atomic E-state index is -1.31. The lowest BCUT2D eigenvalue weighted by atomic mass is 9.85. The molecule has 1 unspecified atom stereocenters. The SMILES string of the molecule is O=C(C(O)c1cccc(-c2csc3ccccc23)c1)N1CCCc2nc(C3(c4cc(C5CCCCC5)cs4)CC3)[nH]c(=O)c2C1. The number of aromatic amines is 1. The molecule has 2 aliphatic carbocycles. The number of benzene rings is 2. The summed E-state index contributed by atoms with van der Waals surface area (Å²) in [6.45, 7) is 0.622. The highest BCUT2D eigenvalue weighted by atomic mass is 32.1. The zero-order valence-electron chi connectivity index (χ0n) is 25.3. The summed E-state index contributed by atoms with van der Waals surface area (Å²) >= 11 is 3.50. The van der Waals surface area contributed by atoms with Crippen LogP contribution < -0.4 is 5.56 Å². The van der Waals surface area contributed by atoms with Crippen molar-refractivity contribution in [3.63, 3.8) is 0 Å². The molecule has 3 aromatic heterocycles. The predicted octanol–water partition coefficient (Wildman–Crippen LogP) is 7.85. The molecular formula is C37H37N3O3S2. The molecule has 2 aromatic carbocycles. The number of rotatable bonds is 6. The number of thiophene rings is 2. The number of hydrogen-bond acceptors (Lipinski definition) is 6. The number of aryl methyl sites for hydroxylation is 1. The van der Waals surface area contributed by atoms with Crippen LogP contribution in [0.5, 0.6) is 0 Å². The molecule has 8 rings (SSSR count). The van der Waals surface area contributed by atoms with Gasteiger partial charge >= 0.3 is 0 Å². The Balaban J connectivity index is 1.02. The van der Waals surface area contributed by atoms with Crippen LogP contribution in [0.1, 0.15) is 96.5 Å². The molecule has 2 saturated carbocycles. The Morgan fingerprint density at radius 3 is 2.69 bits per heavy atom. The van der Waals surface area contributed by atoms with Crippen molar-refractivity contribution in [3.8, 4) is 11.1 Å². The van der Waals surface area contributed by atoms with Crippen molar-refractivity contribution >= 4 is 38.7 Å². The van der Waals surface area contributed by atoms with Crippen LogP contribution in [-0.4, -0.2) is 32.4 Å². The van der Waals surface area contributed by atoms with Gasteiger partial charge in [0.25, 0.3) is 11.5 Å². The summed E-state index contributed by atoms with van der Waals surface area (Å²) in [6, 6.07) is 18.2. The van der Waals surface area contributed by atoms with Crippen LogP contribution in [0.3, 0.4) is 0 Å². The smallest absolute Gasteiger partial charge is 0.256 e. The maximum absolute atomic E-state index is 13.7. The summed E-state index contributed by atoms with van der Waals surface area (Å²) in [5, 5.41) is 16.9. The molecule has 1 aliphatic heterocycles. The second kappa shape index (κ2) is 11.6. The van der Waals surface area contributed by atoms with Crippen molar-refractivity contribution in [2.24, 2.45) is 0 Å². The van der Waals surface area contributed by atoms with Gasteiger partial charge in [0.15, 0.2) is 6.10 Å². The van der Waals surface area contributed by atoms with Crippen molar-refractivity contribution in [1.82, 2.24) is 14.9 Å². The van der Waals surface area contributed by atoms with E-state index in [0.717, 1.165) is 40.9 Å². The van der Waals surface area contributed by atoms with Gasteiger partial charge in [0, 0.05) is 27.1 Å². The fraction of sp³-hybridized carbons (Fsp3) is 0.378. The van der Waals surface area contributed by atoms with Crippen LogP contribution in [-0.2, 0) is 23.2 Å². The van der Waals surface area contributed by atoms with Gasteiger partial charge in [0.2, 0.25) is 0 Å². The average Bonchev–Trinajstić information content (AvgIpc) is 3.62. The van der Waals surface area contributed by atoms with E-state index < -0.39 is 6.10 Å². The van der Waals surface area contributed by atoms with E-state index in [4.69, 9.17) is 4.98 Å². The lowest BCUT2D eigenvalue weighted by Gasteiger charge is -2.24. The van der Waals surface area contributed by atoms with E-state index in [2.05, 4.69) is 33.9 Å². The Morgan fingerprint density at radius 1 is 1.00 bits per heavy atom. The quantitative estimate of drug-likeness (QED) is 0.199. The Kier molecular flexibility index (Phi) is 7.47. The Labute approximate surface area is 270 Å². The molecule has 0 spiro atoms. The minimum absolute atomic E-state index is 0.153. The number of amides is 1. The van der Waals surface area contributed by atoms with Crippen molar-refractivity contribution in [2.75, 3.05) is 6.54 Å². The van der Waals surface area contributed by atoms with Crippen LogP contribution in [0.25, 0.3) is 21.2 Å². The Hall–Kier alpha value is -3.59. The molecule has 1 atom stereocenters. The van der Waals surface area contributed by atoms with E-state index in [1.807, 2.05) is 41.7 Å². The molecule has 5 aromatic rings. The molecular weight excluding hydrogens is 599 g/mol. The van der Waals surface area contributed by atoms with Crippen LogP contribution >= 0.6 is 22.7 Å². The van der Waals surface area contributed by atoms with Gasteiger partial charge in [-0.05, 0) is 90.1 Å². The number of carbonyl (C=O) groups excluding carboxylic acids is 1. The van der Waals surface area contributed by atoms with Crippen LogP contribution in [0.2, 0.25) is 0 Å². The topological polar surface area (TPSA) is 86.3 Å². The van der Waals surface area contributed by atoms with E-state index in [-0.39, 0.29) is 23.4 Å². The fourth-order valence-corrected chi connectivity index (χ4v) is 9.63. The summed E-state index contributed by atoms with van der Waals surface area (Å²) in [5.74, 6) is 1.06. The largest absolute Gasteiger partial charge is 0.378 e. The number of aromatic nitrogens is 2. The van der Waals surface area contributed by atoms with Crippen LogP contribution in [0, 0.1) is 0 Å². The number of H-pyrrole nitrogens is 1. The molecule has 3 aliphatic rings. The summed E-state index contributed by atoms with van der Waals surface area (Å²) in [4.78, 5) is 38.5. The first-order chi connectivity index (χ1) is 22.0. The number of fused-ring (bicyclic) bond motifs is 2. The molecule has 2 N–H and O–H groups in total. The maximum Gasteiger partial charge on any atom is 0.256 e. The highest BCUT2D eigenvalue weighted by Gasteiger charge is 2.50. The highest BCUT2D eigenvalue weighted by molar-refractivity contribution is 7.17. The molecule has 1 amide bonds. The van der Waals surface area contributed by atoms with Gasteiger partial charge in [-0.2, -0.15) is 0 Å². The van der Waals surface area contributed by atoms with Gasteiger partial charge in [0.05, 0.1) is 23.2 Å². The van der Waals surface area contributed by atoms with Gasteiger partial charge in [-0.15, -0.1) is 22.7 Å². The fourth-order valence-electron chi connectivity index (χ4n) is 7.41. The first kappa shape index (κ1) is 28.9. The number of aliphatic hydroxyl groups is 1. The third-order valence-corrected chi connectivity index (χ3v) is 12.3. The van der Waals surface area contributed by atoms with E-state index in [9.17, 15) is 14.7 Å². The van der Waals surface area contributed by atoms with E-state index in [1.54, 1.807) is 22.3 Å². The summed E-state index contributed by atoms with van der Waals surface area (Å²) in [7, 11) is 0. The first-order valence-electron chi connectivity index (χ1n) is 16.2. The van der Waals surface area contributed by atoms with Crippen molar-refractivity contribution in [1.29, 1.82) is 0 Å². The lowest BCUT2D eigenvalue weighted by Crippen LogP contribution is -2.36. The average molecular weight is 636 g/mol. The zero-order valence-corrected chi connectivity index (χ0v) is 26.9. The third kappa shape index (κ3) is 5.27. The first-order valence-corrected chi connectivity index (χ1v) is 18.0. The number of aliphatic hydroxyl groups excluding tert-OH is 1. The van der Waals surface area contributed by atoms with Crippen molar-refractivity contribution in [2.45, 2.75) is 81.8 Å². The lowest BCUT2D eigenvalue weighted by molar-refractivity contribution is -0.141. The highest BCUT2D eigenvalue weighted by Crippen LogP contribution is 2.54.